The highest BCUT2D eigenvalue weighted by atomic mass is 15.2. The van der Waals surface area contributed by atoms with Gasteiger partial charge in [0.25, 0.3) is 0 Å². The Morgan fingerprint density at radius 3 is 2.75 bits per heavy atom. The minimum atomic E-state index is 0.354. The maximum Gasteiger partial charge on any atom is 0.133 e. The summed E-state index contributed by atoms with van der Waals surface area (Å²) in [7, 11) is 0. The number of rotatable bonds is 5. The molecule has 2 heterocycles. The molecule has 0 unspecified atom stereocenters. The van der Waals surface area contributed by atoms with E-state index < -0.39 is 0 Å². The van der Waals surface area contributed by atoms with Crippen LogP contribution in [0.15, 0.2) is 12.5 Å². The van der Waals surface area contributed by atoms with Crippen molar-refractivity contribution in [2.45, 2.75) is 58.5 Å². The quantitative estimate of drug-likeness (QED) is 0.910. The van der Waals surface area contributed by atoms with Crippen LogP contribution in [0, 0.1) is 0 Å². The summed E-state index contributed by atoms with van der Waals surface area (Å²) < 4.78 is 4.33. The van der Waals surface area contributed by atoms with Crippen molar-refractivity contribution in [3.05, 3.63) is 18.3 Å². The van der Waals surface area contributed by atoms with Crippen molar-refractivity contribution >= 4 is 5.82 Å². The number of nitrogens with two attached hydrogens (primary N) is 1. The van der Waals surface area contributed by atoms with Crippen LogP contribution in [0.25, 0.3) is 11.4 Å². The molecular formula is C15H23N5. The van der Waals surface area contributed by atoms with E-state index in [1.54, 1.807) is 0 Å². The van der Waals surface area contributed by atoms with Gasteiger partial charge < -0.3 is 14.9 Å². The van der Waals surface area contributed by atoms with Gasteiger partial charge in [0.05, 0.1) is 18.2 Å². The molecule has 5 heteroatoms. The first-order chi connectivity index (χ1) is 9.63. The molecule has 1 fully saturated rings. The Bertz CT molecular complexity index is 604. The molecule has 2 aromatic heterocycles. The first-order valence-corrected chi connectivity index (χ1v) is 7.51. The highest BCUT2D eigenvalue weighted by Crippen LogP contribution is 2.42. The molecule has 0 aromatic carbocycles. The third-order valence-corrected chi connectivity index (χ3v) is 3.89. The molecule has 108 valence electrons. The maximum absolute atomic E-state index is 6.38. The monoisotopic (exact) mass is 273 g/mol. The Labute approximate surface area is 119 Å². The lowest BCUT2D eigenvalue weighted by molar-refractivity contribution is 0.604. The standard InChI is InChI=1S/C15H23N5/c1-4-7-19-14(16)13(18-15(19)11-5-6-11)12-8-17-9-20(12)10(2)3/h8-11H,4-7,16H2,1-3H3. The Hall–Kier alpha value is -1.78. The molecule has 1 aliphatic carbocycles. The van der Waals surface area contributed by atoms with Crippen LogP contribution >= 0.6 is 0 Å². The lowest BCUT2D eigenvalue weighted by atomic mass is 10.3. The van der Waals surface area contributed by atoms with E-state index in [2.05, 4.69) is 34.9 Å². The van der Waals surface area contributed by atoms with Crippen molar-refractivity contribution in [2.24, 2.45) is 0 Å². The molecule has 0 atom stereocenters. The van der Waals surface area contributed by atoms with Gasteiger partial charge in [-0.05, 0) is 33.1 Å². The zero-order valence-corrected chi connectivity index (χ0v) is 12.5. The van der Waals surface area contributed by atoms with E-state index >= 15 is 0 Å². The van der Waals surface area contributed by atoms with Crippen molar-refractivity contribution in [2.75, 3.05) is 5.73 Å². The number of nitrogens with zero attached hydrogens (tertiary/aromatic N) is 4. The smallest absolute Gasteiger partial charge is 0.133 e. The SMILES string of the molecule is CCCn1c(C2CC2)nc(-c2cncn2C(C)C)c1N. The average Bonchev–Trinajstić information content (AvgIpc) is 3.04. The van der Waals surface area contributed by atoms with Crippen molar-refractivity contribution in [1.82, 2.24) is 19.1 Å². The molecular weight excluding hydrogens is 250 g/mol. The lowest BCUT2D eigenvalue weighted by Gasteiger charge is -2.11. The predicted molar refractivity (Wildman–Crippen MR) is 80.5 cm³/mol. The third kappa shape index (κ3) is 2.11. The molecule has 1 saturated carbocycles. The molecule has 2 aromatic rings. The first kappa shape index (κ1) is 13.2. The van der Waals surface area contributed by atoms with E-state index in [4.69, 9.17) is 10.7 Å². The second-order valence-corrected chi connectivity index (χ2v) is 5.91. The third-order valence-electron chi connectivity index (χ3n) is 3.89. The molecule has 5 nitrogen and oxygen atoms in total. The molecule has 2 N–H and O–H groups in total. The molecule has 0 spiro atoms. The Morgan fingerprint density at radius 2 is 2.15 bits per heavy atom. The van der Waals surface area contributed by atoms with Crippen LogP contribution in [0.1, 0.15) is 57.8 Å². The molecule has 1 aliphatic rings. The first-order valence-electron chi connectivity index (χ1n) is 7.51. The summed E-state index contributed by atoms with van der Waals surface area (Å²) in [5, 5.41) is 0. The van der Waals surface area contributed by atoms with Crippen LogP contribution in [0.5, 0.6) is 0 Å². The molecule has 0 radical (unpaired) electrons. The molecule has 3 rings (SSSR count). The Balaban J connectivity index is 2.09. The normalized spacial score (nSPS) is 15.2. The fourth-order valence-electron chi connectivity index (χ4n) is 2.68. The van der Waals surface area contributed by atoms with Gasteiger partial charge >= 0.3 is 0 Å². The molecule has 0 aliphatic heterocycles. The van der Waals surface area contributed by atoms with Gasteiger partial charge in [-0.15, -0.1) is 0 Å². The topological polar surface area (TPSA) is 61.7 Å². The fourth-order valence-corrected chi connectivity index (χ4v) is 2.68. The van der Waals surface area contributed by atoms with E-state index in [-0.39, 0.29) is 0 Å². The van der Waals surface area contributed by atoms with Gasteiger partial charge in [-0.25, -0.2) is 9.97 Å². The van der Waals surface area contributed by atoms with Gasteiger partial charge in [-0.2, -0.15) is 0 Å². The summed E-state index contributed by atoms with van der Waals surface area (Å²) in [5.41, 5.74) is 8.29. The second-order valence-electron chi connectivity index (χ2n) is 5.91. The van der Waals surface area contributed by atoms with Gasteiger partial charge in [0.2, 0.25) is 0 Å². The van der Waals surface area contributed by atoms with Crippen LogP contribution < -0.4 is 5.73 Å². The van der Waals surface area contributed by atoms with Crippen LogP contribution in [0.2, 0.25) is 0 Å². The van der Waals surface area contributed by atoms with Crippen LogP contribution in [-0.4, -0.2) is 19.1 Å². The van der Waals surface area contributed by atoms with Gasteiger partial charge in [-0.1, -0.05) is 6.92 Å². The van der Waals surface area contributed by atoms with Gasteiger partial charge in [0, 0.05) is 18.5 Å². The molecule has 0 bridgehead atoms. The van der Waals surface area contributed by atoms with Gasteiger partial charge in [0.1, 0.15) is 17.3 Å². The molecule has 0 saturated heterocycles. The second kappa shape index (κ2) is 4.96. The minimum Gasteiger partial charge on any atom is -0.383 e. The van der Waals surface area contributed by atoms with E-state index in [9.17, 15) is 0 Å². The van der Waals surface area contributed by atoms with Crippen molar-refractivity contribution < 1.29 is 0 Å². The zero-order valence-electron chi connectivity index (χ0n) is 12.5. The van der Waals surface area contributed by atoms with Gasteiger partial charge in [-0.3, -0.25) is 0 Å². The highest BCUT2D eigenvalue weighted by molar-refractivity contribution is 5.68. The van der Waals surface area contributed by atoms with E-state index in [1.165, 1.54) is 12.8 Å². The van der Waals surface area contributed by atoms with Crippen molar-refractivity contribution in [3.63, 3.8) is 0 Å². The van der Waals surface area contributed by atoms with Crippen molar-refractivity contribution in [3.8, 4) is 11.4 Å². The zero-order chi connectivity index (χ0) is 14.3. The number of hydrogen-bond acceptors (Lipinski definition) is 3. The summed E-state index contributed by atoms with van der Waals surface area (Å²) in [4.78, 5) is 9.12. The maximum atomic E-state index is 6.38. The van der Waals surface area contributed by atoms with Gasteiger partial charge in [0.15, 0.2) is 0 Å². The number of anilines is 1. The predicted octanol–water partition coefficient (Wildman–Crippen LogP) is 3.20. The number of imidazole rings is 2. The Kier molecular flexibility index (Phi) is 3.28. The van der Waals surface area contributed by atoms with E-state index in [0.29, 0.717) is 12.0 Å². The van der Waals surface area contributed by atoms with E-state index in [1.807, 2.05) is 12.5 Å². The summed E-state index contributed by atoms with van der Waals surface area (Å²) >= 11 is 0. The highest BCUT2D eigenvalue weighted by Gasteiger charge is 2.31. The van der Waals surface area contributed by atoms with E-state index in [0.717, 1.165) is 36.0 Å². The summed E-state index contributed by atoms with van der Waals surface area (Å²) in [6.07, 6.45) is 7.27. The largest absolute Gasteiger partial charge is 0.383 e. The minimum absolute atomic E-state index is 0.354. The molecule has 0 amide bonds. The summed E-state index contributed by atoms with van der Waals surface area (Å²) in [5.74, 6) is 2.56. The lowest BCUT2D eigenvalue weighted by Crippen LogP contribution is -2.07. The molecule has 20 heavy (non-hydrogen) atoms. The summed E-state index contributed by atoms with van der Waals surface area (Å²) in [6.45, 7) is 7.41. The van der Waals surface area contributed by atoms with Crippen LogP contribution in [-0.2, 0) is 6.54 Å². The fraction of sp³-hybridized carbons (Fsp3) is 0.600. The number of aromatic nitrogens is 4. The number of nitrogen functional groups attached to an aromatic ring is 1. The van der Waals surface area contributed by atoms with Crippen molar-refractivity contribution in [1.29, 1.82) is 0 Å². The average molecular weight is 273 g/mol. The summed E-state index contributed by atoms with van der Waals surface area (Å²) in [6, 6.07) is 0.354. The van der Waals surface area contributed by atoms with Crippen LogP contribution in [0.3, 0.4) is 0 Å². The van der Waals surface area contributed by atoms with Crippen LogP contribution in [0.4, 0.5) is 5.82 Å². The Morgan fingerprint density at radius 1 is 1.40 bits per heavy atom. The number of hydrogen-bond donors (Lipinski definition) is 1.